The van der Waals surface area contributed by atoms with Crippen LogP contribution in [0.2, 0.25) is 0 Å². The molecule has 0 aliphatic rings. The van der Waals surface area contributed by atoms with E-state index in [0.717, 1.165) is 0 Å². The molecule has 84 valence electrons. The summed E-state index contributed by atoms with van der Waals surface area (Å²) >= 11 is 0. The van der Waals surface area contributed by atoms with Gasteiger partial charge in [0.25, 0.3) is 0 Å². The van der Waals surface area contributed by atoms with E-state index in [1.54, 1.807) is 12.1 Å². The lowest BCUT2D eigenvalue weighted by molar-refractivity contribution is -0.114. The zero-order chi connectivity index (χ0) is 12.1. The predicted molar refractivity (Wildman–Crippen MR) is 61.3 cm³/mol. The molecule has 5 nitrogen and oxygen atoms in total. The number of hydrogen-bond acceptors (Lipinski definition) is 4. The highest BCUT2D eigenvalue weighted by molar-refractivity contribution is 5.96. The number of hydrogen-bond donors (Lipinski definition) is 1. The van der Waals surface area contributed by atoms with Crippen LogP contribution < -0.4 is 5.32 Å². The number of nitrogens with one attached hydrogen (secondary N) is 1. The van der Waals surface area contributed by atoms with Gasteiger partial charge in [-0.25, -0.2) is 4.79 Å². The lowest BCUT2D eigenvalue weighted by atomic mass is 10.1. The second-order valence-corrected chi connectivity index (χ2v) is 3.06. The monoisotopic (exact) mass is 220 g/mol. The summed E-state index contributed by atoms with van der Waals surface area (Å²) in [4.78, 5) is 25.9. The van der Waals surface area contributed by atoms with Gasteiger partial charge in [0.1, 0.15) is 0 Å². The SMILES string of the molecule is C=Nc1cc(C(=O)OC)ccc1NC(C)=O. The Hall–Kier alpha value is -2.17. The van der Waals surface area contributed by atoms with Crippen molar-refractivity contribution in [2.45, 2.75) is 6.92 Å². The van der Waals surface area contributed by atoms with E-state index in [9.17, 15) is 9.59 Å². The molecule has 16 heavy (non-hydrogen) atoms. The third kappa shape index (κ3) is 2.66. The first-order valence-corrected chi connectivity index (χ1v) is 4.55. The van der Waals surface area contributed by atoms with Gasteiger partial charge in [-0.1, -0.05) is 0 Å². The van der Waals surface area contributed by atoms with E-state index < -0.39 is 5.97 Å². The lowest BCUT2D eigenvalue weighted by Gasteiger charge is -2.07. The van der Waals surface area contributed by atoms with Crippen molar-refractivity contribution in [3.8, 4) is 0 Å². The van der Waals surface area contributed by atoms with Crippen LogP contribution in [-0.2, 0) is 9.53 Å². The molecule has 0 fully saturated rings. The molecule has 0 aliphatic carbocycles. The molecule has 0 atom stereocenters. The van der Waals surface area contributed by atoms with Crippen molar-refractivity contribution in [2.24, 2.45) is 4.99 Å². The van der Waals surface area contributed by atoms with Crippen LogP contribution in [0.15, 0.2) is 23.2 Å². The number of carbonyl (C=O) groups excluding carboxylic acids is 2. The van der Waals surface area contributed by atoms with E-state index in [2.05, 4.69) is 21.8 Å². The molecule has 1 amide bonds. The van der Waals surface area contributed by atoms with Gasteiger partial charge in [-0.2, -0.15) is 0 Å². The number of esters is 1. The molecule has 1 aromatic rings. The van der Waals surface area contributed by atoms with Crippen LogP contribution in [0.25, 0.3) is 0 Å². The van der Waals surface area contributed by atoms with Crippen molar-refractivity contribution in [3.63, 3.8) is 0 Å². The van der Waals surface area contributed by atoms with Crippen LogP contribution in [0.4, 0.5) is 11.4 Å². The molecule has 0 saturated heterocycles. The molecule has 0 bridgehead atoms. The number of ether oxygens (including phenoxy) is 1. The normalized spacial score (nSPS) is 9.38. The Kier molecular flexibility index (Phi) is 3.77. The van der Waals surface area contributed by atoms with Crippen molar-refractivity contribution in [1.29, 1.82) is 0 Å². The van der Waals surface area contributed by atoms with Crippen LogP contribution in [0.1, 0.15) is 17.3 Å². The van der Waals surface area contributed by atoms with Crippen LogP contribution in [0.5, 0.6) is 0 Å². The highest BCUT2D eigenvalue weighted by Crippen LogP contribution is 2.26. The standard InChI is InChI=1S/C11H12N2O3/c1-7(14)13-9-5-4-8(11(15)16-3)6-10(9)12-2/h4-6H,2H2,1,3H3,(H,13,14). The highest BCUT2D eigenvalue weighted by atomic mass is 16.5. The summed E-state index contributed by atoms with van der Waals surface area (Å²) in [5, 5.41) is 2.58. The molecule has 5 heteroatoms. The molecule has 0 unspecified atom stereocenters. The van der Waals surface area contributed by atoms with Crippen molar-refractivity contribution < 1.29 is 14.3 Å². The predicted octanol–water partition coefficient (Wildman–Crippen LogP) is 1.76. The zero-order valence-corrected chi connectivity index (χ0v) is 9.11. The van der Waals surface area contributed by atoms with Gasteiger partial charge in [0.2, 0.25) is 5.91 Å². The Labute approximate surface area is 93.1 Å². The van der Waals surface area contributed by atoms with Gasteiger partial charge < -0.3 is 10.1 Å². The van der Waals surface area contributed by atoms with Crippen molar-refractivity contribution in [2.75, 3.05) is 12.4 Å². The number of methoxy groups -OCH3 is 1. The van der Waals surface area contributed by atoms with Gasteiger partial charge in [0.05, 0.1) is 24.0 Å². The second-order valence-electron chi connectivity index (χ2n) is 3.06. The second kappa shape index (κ2) is 5.06. The number of rotatable bonds is 3. The Bertz CT molecular complexity index is 441. The average Bonchev–Trinajstić information content (AvgIpc) is 2.27. The first-order chi connectivity index (χ1) is 7.58. The summed E-state index contributed by atoms with van der Waals surface area (Å²) in [5.41, 5.74) is 1.30. The van der Waals surface area contributed by atoms with Crippen LogP contribution in [0.3, 0.4) is 0 Å². The van der Waals surface area contributed by atoms with Crippen molar-refractivity contribution >= 4 is 30.0 Å². The van der Waals surface area contributed by atoms with E-state index in [1.807, 2.05) is 0 Å². The fraction of sp³-hybridized carbons (Fsp3) is 0.182. The first-order valence-electron chi connectivity index (χ1n) is 4.55. The molecule has 0 spiro atoms. The molecule has 0 radical (unpaired) electrons. The maximum Gasteiger partial charge on any atom is 0.337 e. The van der Waals surface area contributed by atoms with E-state index >= 15 is 0 Å². The Balaban J connectivity index is 3.11. The average molecular weight is 220 g/mol. The molecule has 1 aromatic carbocycles. The fourth-order valence-electron chi connectivity index (χ4n) is 1.20. The largest absolute Gasteiger partial charge is 0.465 e. The molecule has 0 saturated carbocycles. The van der Waals surface area contributed by atoms with Gasteiger partial charge in [0.15, 0.2) is 0 Å². The smallest absolute Gasteiger partial charge is 0.337 e. The van der Waals surface area contributed by atoms with E-state index in [-0.39, 0.29) is 5.91 Å². The summed E-state index contributed by atoms with van der Waals surface area (Å²) in [6, 6.07) is 4.63. The summed E-state index contributed by atoms with van der Waals surface area (Å²) in [7, 11) is 1.30. The van der Waals surface area contributed by atoms with Crippen LogP contribution in [0, 0.1) is 0 Å². The van der Waals surface area contributed by atoms with Crippen LogP contribution in [-0.4, -0.2) is 25.7 Å². The maximum absolute atomic E-state index is 11.2. The fourth-order valence-corrected chi connectivity index (χ4v) is 1.20. The zero-order valence-electron chi connectivity index (χ0n) is 9.11. The third-order valence-corrected chi connectivity index (χ3v) is 1.90. The van der Waals surface area contributed by atoms with Gasteiger partial charge in [0, 0.05) is 6.92 Å². The molecule has 1 N–H and O–H groups in total. The number of amides is 1. The Morgan fingerprint density at radius 2 is 2.12 bits per heavy atom. The first kappa shape index (κ1) is 11.9. The summed E-state index contributed by atoms with van der Waals surface area (Å²) < 4.78 is 4.57. The Morgan fingerprint density at radius 3 is 2.62 bits per heavy atom. The molecule has 0 aliphatic heterocycles. The van der Waals surface area contributed by atoms with E-state index in [4.69, 9.17) is 0 Å². The summed E-state index contributed by atoms with van der Waals surface area (Å²) in [6.45, 7) is 4.76. The minimum Gasteiger partial charge on any atom is -0.465 e. The topological polar surface area (TPSA) is 67.8 Å². The van der Waals surface area contributed by atoms with Crippen molar-refractivity contribution in [3.05, 3.63) is 23.8 Å². The highest BCUT2D eigenvalue weighted by Gasteiger charge is 2.09. The molecule has 0 aromatic heterocycles. The van der Waals surface area contributed by atoms with E-state index in [1.165, 1.54) is 20.1 Å². The number of anilines is 1. The van der Waals surface area contributed by atoms with Crippen molar-refractivity contribution in [1.82, 2.24) is 0 Å². The minimum atomic E-state index is -0.459. The maximum atomic E-state index is 11.2. The van der Waals surface area contributed by atoms with Gasteiger partial charge in [-0.15, -0.1) is 0 Å². The molecular weight excluding hydrogens is 208 g/mol. The molecule has 1 rings (SSSR count). The summed E-state index contributed by atoms with van der Waals surface area (Å²) in [6.07, 6.45) is 0. The quantitative estimate of drug-likeness (QED) is 0.623. The van der Waals surface area contributed by atoms with E-state index in [0.29, 0.717) is 16.9 Å². The van der Waals surface area contributed by atoms with Gasteiger partial charge in [-0.3, -0.25) is 9.79 Å². The molecule has 0 heterocycles. The number of benzene rings is 1. The van der Waals surface area contributed by atoms with Gasteiger partial charge >= 0.3 is 5.97 Å². The lowest BCUT2D eigenvalue weighted by Crippen LogP contribution is -2.07. The summed E-state index contributed by atoms with van der Waals surface area (Å²) in [5.74, 6) is -0.671. The Morgan fingerprint density at radius 1 is 1.44 bits per heavy atom. The van der Waals surface area contributed by atoms with Gasteiger partial charge in [-0.05, 0) is 24.9 Å². The van der Waals surface area contributed by atoms with Crippen LogP contribution >= 0.6 is 0 Å². The third-order valence-electron chi connectivity index (χ3n) is 1.90. The molecular formula is C11H12N2O3. The number of carbonyl (C=O) groups is 2. The number of aliphatic imine (C=N–C) groups is 1. The minimum absolute atomic E-state index is 0.212. The number of nitrogens with zero attached hydrogens (tertiary/aromatic N) is 1.